The van der Waals surface area contributed by atoms with Crippen molar-refractivity contribution in [1.29, 1.82) is 0 Å². The lowest BCUT2D eigenvalue weighted by Gasteiger charge is -2.10. The fourth-order valence-electron chi connectivity index (χ4n) is 2.60. The Labute approximate surface area is 176 Å². The van der Waals surface area contributed by atoms with Gasteiger partial charge in [-0.3, -0.25) is 0 Å². The van der Waals surface area contributed by atoms with Crippen LogP contribution in [0.5, 0.6) is 17.2 Å². The zero-order chi connectivity index (χ0) is 21.4. The van der Waals surface area contributed by atoms with E-state index < -0.39 is 10.0 Å². The minimum absolute atomic E-state index is 0.0637. The van der Waals surface area contributed by atoms with E-state index in [-0.39, 0.29) is 10.6 Å². The van der Waals surface area contributed by atoms with Crippen LogP contribution in [0.3, 0.4) is 0 Å². The fraction of sp³-hybridized carbons (Fsp3) is 0.136. The van der Waals surface area contributed by atoms with Gasteiger partial charge in [0.15, 0.2) is 0 Å². The summed E-state index contributed by atoms with van der Waals surface area (Å²) in [4.78, 5) is 2.12. The summed E-state index contributed by atoms with van der Waals surface area (Å²) in [6, 6.07) is 21.5. The maximum absolute atomic E-state index is 12.6. The van der Waals surface area contributed by atoms with Gasteiger partial charge in [-0.25, -0.2) is 0 Å². The van der Waals surface area contributed by atoms with E-state index in [1.54, 1.807) is 30.3 Å². The third kappa shape index (κ3) is 5.51. The van der Waals surface area contributed by atoms with Crippen molar-refractivity contribution in [1.82, 2.24) is 4.83 Å². The fourth-order valence-corrected chi connectivity index (χ4v) is 3.58. The van der Waals surface area contributed by atoms with Crippen LogP contribution in [0.25, 0.3) is 0 Å². The average Bonchev–Trinajstić information content (AvgIpc) is 2.78. The number of rotatable bonds is 9. The number of ether oxygens (including phenoxy) is 3. The molecule has 0 aliphatic carbocycles. The van der Waals surface area contributed by atoms with Crippen molar-refractivity contribution >= 4 is 16.2 Å². The summed E-state index contributed by atoms with van der Waals surface area (Å²) in [5, 5.41) is 3.84. The molecule has 0 heterocycles. The third-order valence-electron chi connectivity index (χ3n) is 4.18. The van der Waals surface area contributed by atoms with Crippen molar-refractivity contribution in [2.45, 2.75) is 11.5 Å². The quantitative estimate of drug-likeness (QED) is 0.417. The predicted molar refractivity (Wildman–Crippen MR) is 115 cm³/mol. The molecule has 30 heavy (non-hydrogen) atoms. The van der Waals surface area contributed by atoms with Gasteiger partial charge in [0.05, 0.1) is 20.4 Å². The van der Waals surface area contributed by atoms with Gasteiger partial charge < -0.3 is 14.2 Å². The Morgan fingerprint density at radius 3 is 2.27 bits per heavy atom. The second-order valence-electron chi connectivity index (χ2n) is 6.21. The molecule has 0 unspecified atom stereocenters. The summed E-state index contributed by atoms with van der Waals surface area (Å²) >= 11 is 0. The van der Waals surface area contributed by atoms with Crippen molar-refractivity contribution < 1.29 is 22.6 Å². The van der Waals surface area contributed by atoms with E-state index >= 15 is 0 Å². The monoisotopic (exact) mass is 426 g/mol. The number of benzene rings is 3. The van der Waals surface area contributed by atoms with Crippen molar-refractivity contribution in [3.8, 4) is 17.2 Å². The molecule has 0 aliphatic heterocycles. The van der Waals surface area contributed by atoms with Crippen LogP contribution >= 0.6 is 0 Å². The summed E-state index contributed by atoms with van der Waals surface area (Å²) in [7, 11) is -1.08. The van der Waals surface area contributed by atoms with Crippen LogP contribution in [0.15, 0.2) is 82.8 Å². The minimum atomic E-state index is -3.93. The summed E-state index contributed by atoms with van der Waals surface area (Å²) in [6.07, 6.45) is 1.41. The molecule has 3 rings (SSSR count). The van der Waals surface area contributed by atoms with Crippen LogP contribution in [0.2, 0.25) is 0 Å². The maximum Gasteiger partial charge on any atom is 0.280 e. The number of nitrogens with one attached hydrogen (secondary N) is 1. The lowest BCUT2D eigenvalue weighted by molar-refractivity contribution is 0.306. The van der Waals surface area contributed by atoms with Gasteiger partial charge in [0.1, 0.15) is 28.8 Å². The van der Waals surface area contributed by atoms with E-state index in [1.165, 1.54) is 32.6 Å². The van der Waals surface area contributed by atoms with E-state index in [4.69, 9.17) is 14.2 Å². The molecule has 156 valence electrons. The molecule has 3 aromatic rings. The van der Waals surface area contributed by atoms with Crippen LogP contribution in [-0.4, -0.2) is 28.9 Å². The SMILES string of the molecule is COc1ccc(OC)c(S(=O)(=O)N/N=C/c2ccc(OCc3ccccc3)cc2)c1. The lowest BCUT2D eigenvalue weighted by atomic mass is 10.2. The number of hydrazone groups is 1. The number of hydrogen-bond donors (Lipinski definition) is 1. The van der Waals surface area contributed by atoms with Gasteiger partial charge in [0, 0.05) is 6.07 Å². The largest absolute Gasteiger partial charge is 0.497 e. The molecule has 8 heteroatoms. The van der Waals surface area contributed by atoms with E-state index in [0.717, 1.165) is 5.56 Å². The highest BCUT2D eigenvalue weighted by atomic mass is 32.2. The van der Waals surface area contributed by atoms with Crippen LogP contribution < -0.4 is 19.0 Å². The van der Waals surface area contributed by atoms with Crippen molar-refractivity contribution in [3.05, 3.63) is 83.9 Å². The number of hydrogen-bond acceptors (Lipinski definition) is 6. The molecule has 0 aromatic heterocycles. The topological polar surface area (TPSA) is 86.2 Å². The van der Waals surface area contributed by atoms with Gasteiger partial charge in [0.2, 0.25) is 0 Å². The van der Waals surface area contributed by atoms with Gasteiger partial charge in [-0.1, -0.05) is 30.3 Å². The summed E-state index contributed by atoms with van der Waals surface area (Å²) < 4.78 is 41.1. The first-order chi connectivity index (χ1) is 14.5. The average molecular weight is 426 g/mol. The molecule has 7 nitrogen and oxygen atoms in total. The Morgan fingerprint density at radius 1 is 0.900 bits per heavy atom. The molecule has 0 spiro atoms. The van der Waals surface area contributed by atoms with Gasteiger partial charge >= 0.3 is 0 Å². The molecular formula is C22H22N2O5S. The summed E-state index contributed by atoms with van der Waals surface area (Å²) in [6.45, 7) is 0.469. The number of sulfonamides is 1. The molecule has 0 bridgehead atoms. The standard InChI is InChI=1S/C22H22N2O5S/c1-27-20-12-13-21(28-2)22(14-20)30(25,26)24-23-15-17-8-10-19(11-9-17)29-16-18-6-4-3-5-7-18/h3-15,24H,16H2,1-2H3/b23-15+. The number of methoxy groups -OCH3 is 2. The van der Waals surface area contributed by atoms with Crippen molar-refractivity contribution in [2.24, 2.45) is 5.10 Å². The first-order valence-corrected chi connectivity index (χ1v) is 10.5. The molecule has 0 saturated carbocycles. The lowest BCUT2D eigenvalue weighted by Crippen LogP contribution is -2.19. The molecule has 1 N–H and O–H groups in total. The highest BCUT2D eigenvalue weighted by Crippen LogP contribution is 2.27. The molecule has 0 aliphatic rings. The molecule has 0 amide bonds. The molecule has 3 aromatic carbocycles. The zero-order valence-corrected chi connectivity index (χ0v) is 17.4. The number of nitrogens with zero attached hydrogens (tertiary/aromatic N) is 1. The molecular weight excluding hydrogens is 404 g/mol. The van der Waals surface area contributed by atoms with Crippen molar-refractivity contribution in [3.63, 3.8) is 0 Å². The van der Waals surface area contributed by atoms with E-state index in [1.807, 2.05) is 30.3 Å². The highest BCUT2D eigenvalue weighted by Gasteiger charge is 2.19. The first-order valence-electron chi connectivity index (χ1n) is 9.05. The van der Waals surface area contributed by atoms with E-state index in [0.29, 0.717) is 23.7 Å². The zero-order valence-electron chi connectivity index (χ0n) is 16.6. The Morgan fingerprint density at radius 2 is 1.60 bits per heavy atom. The summed E-state index contributed by atoms with van der Waals surface area (Å²) in [5.74, 6) is 1.29. The molecule has 0 fully saturated rings. The van der Waals surface area contributed by atoms with Crippen LogP contribution in [0.1, 0.15) is 11.1 Å². The van der Waals surface area contributed by atoms with Crippen LogP contribution in [0.4, 0.5) is 0 Å². The maximum atomic E-state index is 12.6. The molecule has 0 saturated heterocycles. The third-order valence-corrected chi connectivity index (χ3v) is 5.42. The Hall–Kier alpha value is -3.52. The Kier molecular flexibility index (Phi) is 6.92. The van der Waals surface area contributed by atoms with Gasteiger partial charge in [-0.05, 0) is 47.5 Å². The van der Waals surface area contributed by atoms with Crippen LogP contribution in [-0.2, 0) is 16.6 Å². The second kappa shape index (κ2) is 9.80. The van der Waals surface area contributed by atoms with E-state index in [9.17, 15) is 8.42 Å². The van der Waals surface area contributed by atoms with Gasteiger partial charge in [-0.2, -0.15) is 18.4 Å². The molecule has 0 atom stereocenters. The second-order valence-corrected chi connectivity index (χ2v) is 7.84. The molecule has 0 radical (unpaired) electrons. The Bertz CT molecular complexity index is 1100. The highest BCUT2D eigenvalue weighted by molar-refractivity contribution is 7.89. The smallest absolute Gasteiger partial charge is 0.280 e. The first kappa shape index (κ1) is 21.2. The van der Waals surface area contributed by atoms with E-state index in [2.05, 4.69) is 9.93 Å². The van der Waals surface area contributed by atoms with Gasteiger partial charge in [-0.15, -0.1) is 0 Å². The van der Waals surface area contributed by atoms with Crippen molar-refractivity contribution in [2.75, 3.05) is 14.2 Å². The normalized spacial score (nSPS) is 11.3. The Balaban J connectivity index is 1.63. The van der Waals surface area contributed by atoms with Gasteiger partial charge in [0.25, 0.3) is 10.0 Å². The van der Waals surface area contributed by atoms with Crippen LogP contribution in [0, 0.1) is 0 Å². The minimum Gasteiger partial charge on any atom is -0.497 e. The summed E-state index contributed by atoms with van der Waals surface area (Å²) in [5.41, 5.74) is 1.79. The predicted octanol–water partition coefficient (Wildman–Crippen LogP) is 3.60.